The van der Waals surface area contributed by atoms with Gasteiger partial charge in [0.25, 0.3) is 5.56 Å². The predicted octanol–water partition coefficient (Wildman–Crippen LogP) is 3.30. The molecule has 0 fully saturated rings. The second-order valence-electron chi connectivity index (χ2n) is 5.64. The number of para-hydroxylation sites is 1. The molecule has 6 nitrogen and oxygen atoms in total. The molecule has 0 aliphatic heterocycles. The molecular weight excluding hydrogens is 321 g/mol. The number of halogens is 1. The molecule has 4 rings (SSSR count). The second kappa shape index (κ2) is 5.86. The van der Waals surface area contributed by atoms with E-state index in [1.165, 1.54) is 6.20 Å². The summed E-state index contributed by atoms with van der Waals surface area (Å²) in [6.07, 6.45) is 2.67. The Labute approximate surface area is 142 Å². The summed E-state index contributed by atoms with van der Waals surface area (Å²) in [4.78, 5) is 20.4. The van der Waals surface area contributed by atoms with Crippen molar-refractivity contribution in [3.05, 3.63) is 76.6 Å². The van der Waals surface area contributed by atoms with E-state index < -0.39 is 0 Å². The van der Waals surface area contributed by atoms with Crippen molar-refractivity contribution in [2.24, 2.45) is 0 Å². The normalized spacial score (nSPS) is 11.0. The third-order valence-corrected chi connectivity index (χ3v) is 3.90. The van der Waals surface area contributed by atoms with E-state index in [-0.39, 0.29) is 11.4 Å². The van der Waals surface area contributed by atoms with E-state index in [0.717, 1.165) is 11.9 Å². The Balaban J connectivity index is 1.79. The molecule has 0 saturated heterocycles. The van der Waals surface area contributed by atoms with Crippen LogP contribution >= 0.6 is 0 Å². The Morgan fingerprint density at radius 2 is 1.80 bits per heavy atom. The summed E-state index contributed by atoms with van der Waals surface area (Å²) >= 11 is 0. The third-order valence-electron chi connectivity index (χ3n) is 3.90. The topological polar surface area (TPSA) is 75.6 Å². The zero-order valence-corrected chi connectivity index (χ0v) is 13.3. The number of aromatic amines is 1. The molecule has 7 heteroatoms. The maximum Gasteiger partial charge on any atom is 0.273 e. The number of rotatable bonds is 3. The number of benzene rings is 1. The van der Waals surface area contributed by atoms with Gasteiger partial charge in [-0.25, -0.2) is 14.4 Å². The minimum Gasteiger partial charge on any atom is -0.325 e. The first-order valence-electron chi connectivity index (χ1n) is 7.67. The summed E-state index contributed by atoms with van der Waals surface area (Å²) in [7, 11) is 0. The smallest absolute Gasteiger partial charge is 0.273 e. The van der Waals surface area contributed by atoms with Crippen molar-refractivity contribution >= 4 is 22.5 Å². The molecule has 0 amide bonds. The molecule has 3 aromatic heterocycles. The number of nitrogens with one attached hydrogen (secondary N) is 2. The lowest BCUT2D eigenvalue weighted by Crippen LogP contribution is -2.03. The van der Waals surface area contributed by atoms with Crippen molar-refractivity contribution in [1.82, 2.24) is 19.7 Å². The lowest BCUT2D eigenvalue weighted by atomic mass is 10.2. The van der Waals surface area contributed by atoms with Crippen LogP contribution in [0.15, 0.2) is 59.7 Å². The molecule has 0 spiro atoms. The molecule has 0 saturated carbocycles. The van der Waals surface area contributed by atoms with Crippen LogP contribution in [-0.4, -0.2) is 19.7 Å². The summed E-state index contributed by atoms with van der Waals surface area (Å²) in [5, 5.41) is 6.32. The van der Waals surface area contributed by atoms with Crippen LogP contribution in [-0.2, 0) is 0 Å². The minimum absolute atomic E-state index is 0.214. The Morgan fingerprint density at radius 1 is 1.08 bits per heavy atom. The van der Waals surface area contributed by atoms with Crippen LogP contribution in [0.1, 0.15) is 5.56 Å². The standard InChI is InChI=1S/C18H14FN5O/c1-11-7-16(21-10-14(11)19)22-17-8-15-13(9-20-17)18(25)23-24(15)12-5-3-2-4-6-12/h2-10H,1H3,(H,23,25)(H,20,21,22). The van der Waals surface area contributed by atoms with Gasteiger partial charge in [0.05, 0.1) is 22.8 Å². The van der Waals surface area contributed by atoms with Crippen LogP contribution in [0.25, 0.3) is 16.6 Å². The number of nitrogens with zero attached hydrogens (tertiary/aromatic N) is 3. The Kier molecular flexibility index (Phi) is 3.53. The quantitative estimate of drug-likeness (QED) is 0.602. The van der Waals surface area contributed by atoms with Crippen molar-refractivity contribution in [2.45, 2.75) is 6.92 Å². The molecule has 0 aliphatic rings. The molecule has 0 atom stereocenters. The molecule has 0 radical (unpaired) electrons. The van der Waals surface area contributed by atoms with Gasteiger partial charge in [0.1, 0.15) is 17.5 Å². The number of anilines is 2. The average molecular weight is 335 g/mol. The average Bonchev–Trinajstić information content (AvgIpc) is 2.95. The van der Waals surface area contributed by atoms with E-state index in [9.17, 15) is 9.18 Å². The minimum atomic E-state index is -0.363. The third kappa shape index (κ3) is 2.76. The lowest BCUT2D eigenvalue weighted by Gasteiger charge is -2.07. The van der Waals surface area contributed by atoms with Gasteiger partial charge in [0, 0.05) is 12.3 Å². The van der Waals surface area contributed by atoms with Crippen LogP contribution in [0.5, 0.6) is 0 Å². The number of aryl methyl sites for hydroxylation is 1. The van der Waals surface area contributed by atoms with Gasteiger partial charge in [-0.3, -0.25) is 14.6 Å². The van der Waals surface area contributed by atoms with E-state index in [2.05, 4.69) is 20.4 Å². The molecule has 0 bridgehead atoms. The molecule has 25 heavy (non-hydrogen) atoms. The molecule has 0 aliphatic carbocycles. The van der Waals surface area contributed by atoms with Gasteiger partial charge in [-0.2, -0.15) is 0 Å². The van der Waals surface area contributed by atoms with Gasteiger partial charge in [-0.05, 0) is 30.7 Å². The monoisotopic (exact) mass is 335 g/mol. The summed E-state index contributed by atoms with van der Waals surface area (Å²) < 4.78 is 15.0. The maximum absolute atomic E-state index is 13.3. The highest BCUT2D eigenvalue weighted by Crippen LogP contribution is 2.20. The summed E-state index contributed by atoms with van der Waals surface area (Å²) in [5.74, 6) is 0.627. The Hall–Kier alpha value is -3.48. The van der Waals surface area contributed by atoms with Crippen molar-refractivity contribution in [3.8, 4) is 5.69 Å². The van der Waals surface area contributed by atoms with Crippen molar-refractivity contribution in [2.75, 3.05) is 5.32 Å². The highest BCUT2D eigenvalue weighted by atomic mass is 19.1. The van der Waals surface area contributed by atoms with Crippen LogP contribution < -0.4 is 10.9 Å². The van der Waals surface area contributed by atoms with Gasteiger partial charge >= 0.3 is 0 Å². The fourth-order valence-corrected chi connectivity index (χ4v) is 2.61. The van der Waals surface area contributed by atoms with E-state index in [0.29, 0.717) is 28.1 Å². The molecule has 2 N–H and O–H groups in total. The number of hydrogen-bond acceptors (Lipinski definition) is 4. The summed E-state index contributed by atoms with van der Waals surface area (Å²) in [6.45, 7) is 1.66. The number of pyridine rings is 2. The van der Waals surface area contributed by atoms with Gasteiger partial charge in [0.15, 0.2) is 0 Å². The Bertz CT molecular complexity index is 1120. The van der Waals surface area contributed by atoms with E-state index in [1.807, 2.05) is 30.3 Å². The van der Waals surface area contributed by atoms with E-state index >= 15 is 0 Å². The number of aromatic nitrogens is 4. The highest BCUT2D eigenvalue weighted by molar-refractivity contribution is 5.82. The van der Waals surface area contributed by atoms with Crippen LogP contribution in [0.4, 0.5) is 16.0 Å². The molecule has 0 unspecified atom stereocenters. The van der Waals surface area contributed by atoms with Crippen molar-refractivity contribution in [1.29, 1.82) is 0 Å². The number of hydrogen-bond donors (Lipinski definition) is 2. The van der Waals surface area contributed by atoms with Crippen molar-refractivity contribution < 1.29 is 4.39 Å². The van der Waals surface area contributed by atoms with Gasteiger partial charge in [-0.15, -0.1) is 0 Å². The largest absolute Gasteiger partial charge is 0.325 e. The van der Waals surface area contributed by atoms with Gasteiger partial charge in [0.2, 0.25) is 0 Å². The van der Waals surface area contributed by atoms with E-state index in [1.54, 1.807) is 23.7 Å². The fourth-order valence-electron chi connectivity index (χ4n) is 2.61. The predicted molar refractivity (Wildman–Crippen MR) is 93.9 cm³/mol. The highest BCUT2D eigenvalue weighted by Gasteiger charge is 2.10. The van der Waals surface area contributed by atoms with Gasteiger partial charge < -0.3 is 5.32 Å². The molecule has 124 valence electrons. The fraction of sp³-hybridized carbons (Fsp3) is 0.0556. The number of fused-ring (bicyclic) bond motifs is 1. The van der Waals surface area contributed by atoms with Gasteiger partial charge in [-0.1, -0.05) is 18.2 Å². The first-order chi connectivity index (χ1) is 12.1. The molecule has 4 aromatic rings. The summed E-state index contributed by atoms with van der Waals surface area (Å²) in [6, 6.07) is 12.8. The molecule has 1 aromatic carbocycles. The summed E-state index contributed by atoms with van der Waals surface area (Å²) in [5.41, 5.74) is 1.80. The zero-order chi connectivity index (χ0) is 17.4. The SMILES string of the molecule is Cc1cc(Nc2cc3c(cn2)c(=O)[nH]n3-c2ccccc2)ncc1F. The lowest BCUT2D eigenvalue weighted by molar-refractivity contribution is 0.612. The van der Waals surface area contributed by atoms with Crippen molar-refractivity contribution in [3.63, 3.8) is 0 Å². The maximum atomic E-state index is 13.3. The second-order valence-corrected chi connectivity index (χ2v) is 5.64. The molecule has 3 heterocycles. The number of H-pyrrole nitrogens is 1. The zero-order valence-electron chi connectivity index (χ0n) is 13.3. The Morgan fingerprint density at radius 3 is 2.56 bits per heavy atom. The first kappa shape index (κ1) is 15.1. The van der Waals surface area contributed by atoms with E-state index in [4.69, 9.17) is 0 Å². The molecular formula is C18H14FN5O. The van der Waals surface area contributed by atoms with Crippen LogP contribution in [0.2, 0.25) is 0 Å². The van der Waals surface area contributed by atoms with Crippen LogP contribution in [0.3, 0.4) is 0 Å². The van der Waals surface area contributed by atoms with Crippen LogP contribution in [0, 0.1) is 12.7 Å². The first-order valence-corrected chi connectivity index (χ1v) is 7.67.